The number of fused-ring (bicyclic) bond motifs is 15. The fourth-order valence-electron chi connectivity index (χ4n) is 6.55. The number of rotatable bonds is 6. The molecule has 2 atom stereocenters. The number of hydrogen-bond acceptors (Lipinski definition) is 9. The summed E-state index contributed by atoms with van der Waals surface area (Å²) in [5, 5.41) is 10.1. The Balaban J connectivity index is 1.18. The first kappa shape index (κ1) is 37.5. The van der Waals surface area contributed by atoms with Crippen LogP contribution in [0.5, 0.6) is 11.5 Å². The van der Waals surface area contributed by atoms with Gasteiger partial charge in [0.25, 0.3) is 11.8 Å². The Bertz CT molecular complexity index is 1880. The number of aromatic nitrogens is 2. The van der Waals surface area contributed by atoms with Crippen molar-refractivity contribution >= 4 is 35.4 Å². The number of nitrogens with zero attached hydrogens (tertiary/aromatic N) is 4. The lowest BCUT2D eigenvalue weighted by molar-refractivity contribution is -0.125. The maximum atomic E-state index is 13.9. The Hall–Kier alpha value is -5.24. The first-order chi connectivity index (χ1) is 25.8. The highest BCUT2D eigenvalue weighted by atomic mass is 32.2. The summed E-state index contributed by atoms with van der Waals surface area (Å²) in [6, 6.07) is 19.8. The van der Waals surface area contributed by atoms with Gasteiger partial charge in [0.15, 0.2) is 17.3 Å². The van der Waals surface area contributed by atoms with Gasteiger partial charge in [-0.05, 0) is 73.7 Å². The average Bonchev–Trinajstić information content (AvgIpc) is 3.94. The van der Waals surface area contributed by atoms with E-state index in [1.54, 1.807) is 66.0 Å². The van der Waals surface area contributed by atoms with Crippen LogP contribution < -0.4 is 20.1 Å². The number of amides is 4. The second kappa shape index (κ2) is 18.0. The van der Waals surface area contributed by atoms with Crippen LogP contribution in [0.25, 0.3) is 0 Å². The third kappa shape index (κ3) is 9.80. The summed E-state index contributed by atoms with van der Waals surface area (Å²) >= 11 is 1.61. The first-order valence-electron chi connectivity index (χ1n) is 18.0. The normalized spacial score (nSPS) is 19.1. The lowest BCUT2D eigenvalue weighted by Gasteiger charge is -2.24. The highest BCUT2D eigenvalue weighted by Crippen LogP contribution is 2.33. The largest absolute Gasteiger partial charge is 0.493 e. The maximum absolute atomic E-state index is 13.9. The molecule has 4 bridgehead atoms. The van der Waals surface area contributed by atoms with E-state index >= 15 is 0 Å². The maximum Gasteiger partial charge on any atom is 0.290 e. The third-order valence-corrected chi connectivity index (χ3v) is 10.4. The minimum atomic E-state index is -0.788. The second-order valence-electron chi connectivity index (χ2n) is 13.1. The minimum absolute atomic E-state index is 0.0768. The predicted octanol–water partition coefficient (Wildman–Crippen LogP) is 4.47. The van der Waals surface area contributed by atoms with Crippen LogP contribution in [-0.2, 0) is 28.8 Å². The van der Waals surface area contributed by atoms with E-state index in [1.165, 1.54) is 4.90 Å². The van der Waals surface area contributed by atoms with Crippen molar-refractivity contribution in [3.63, 3.8) is 0 Å². The van der Waals surface area contributed by atoms with Gasteiger partial charge in [-0.3, -0.25) is 23.9 Å². The van der Waals surface area contributed by atoms with E-state index in [-0.39, 0.29) is 48.8 Å². The number of carbonyl (C=O) groups excluding carboxylic acids is 4. The molecule has 0 spiro atoms. The van der Waals surface area contributed by atoms with Crippen LogP contribution in [0, 0.1) is 0 Å². The number of hydrogen-bond donors (Lipinski definition) is 2. The smallest absolute Gasteiger partial charge is 0.290 e. The van der Waals surface area contributed by atoms with Crippen molar-refractivity contribution in [2.45, 2.75) is 61.3 Å². The summed E-state index contributed by atoms with van der Waals surface area (Å²) in [6.45, 7) is 1.89. The fraction of sp³-hybridized carbons (Fsp3) is 0.410. The Kier molecular flexibility index (Phi) is 12.7. The SMILES string of the molecule is COc1cc2ccc1O[C@H]1C[C@@H](C(=O)NCCCCN(C(=O)c3ccnn3C)CCCNC(=O)CC2)N(C(=O)c2ccc(CSc3ccccc3)o2)C1. The van der Waals surface area contributed by atoms with Gasteiger partial charge in [0.05, 0.1) is 19.4 Å². The molecule has 14 heteroatoms. The van der Waals surface area contributed by atoms with Crippen LogP contribution in [0.15, 0.2) is 82.2 Å². The Morgan fingerprint density at radius 2 is 1.75 bits per heavy atom. The van der Waals surface area contributed by atoms with Gasteiger partial charge in [0, 0.05) is 57.2 Å². The number of benzene rings is 2. The summed E-state index contributed by atoms with van der Waals surface area (Å²) in [5.74, 6) is 1.48. The second-order valence-corrected chi connectivity index (χ2v) is 14.2. The fourth-order valence-corrected chi connectivity index (χ4v) is 7.36. The quantitative estimate of drug-likeness (QED) is 0.273. The molecular weight excluding hydrogens is 697 g/mol. The van der Waals surface area contributed by atoms with Crippen LogP contribution >= 0.6 is 11.8 Å². The van der Waals surface area contributed by atoms with Gasteiger partial charge >= 0.3 is 0 Å². The molecule has 4 amide bonds. The molecule has 2 aromatic carbocycles. The molecule has 1 fully saturated rings. The molecule has 2 aromatic heterocycles. The molecule has 0 radical (unpaired) electrons. The van der Waals surface area contributed by atoms with E-state index in [9.17, 15) is 19.2 Å². The van der Waals surface area contributed by atoms with Gasteiger partial charge in [-0.2, -0.15) is 5.10 Å². The van der Waals surface area contributed by atoms with E-state index in [0.29, 0.717) is 80.6 Å². The minimum Gasteiger partial charge on any atom is -0.493 e. The molecule has 5 heterocycles. The number of methoxy groups -OCH3 is 1. The monoisotopic (exact) mass is 742 g/mol. The van der Waals surface area contributed by atoms with Gasteiger partial charge in [-0.1, -0.05) is 24.3 Å². The molecule has 3 aliphatic heterocycles. The van der Waals surface area contributed by atoms with Crippen molar-refractivity contribution < 1.29 is 33.1 Å². The Labute approximate surface area is 313 Å². The number of likely N-dealkylation sites (tertiary alicyclic amines) is 1. The lowest BCUT2D eigenvalue weighted by atomic mass is 10.1. The standard InChI is InChI=1S/C39H46N6O7S/c1-43-31(17-20-42-43)38(48)44-21-7-6-18-41-37(47)32-24-29(52-33-14-11-27(23-35(33)50-2)12-16-36(46)40-19-8-22-44)25-45(32)39(49)34-15-13-28(51-34)26-53-30-9-4-3-5-10-30/h3-5,9-11,13-15,17,20,23,29,32H,6-8,12,16,18-19,21-22,24-26H2,1-2H3,(H,40,46)(H,41,47)/t29-,32-/m0/s1. The molecule has 0 saturated carbocycles. The van der Waals surface area contributed by atoms with Crippen molar-refractivity contribution in [2.75, 3.05) is 39.8 Å². The molecule has 1 saturated heterocycles. The zero-order chi connectivity index (χ0) is 37.2. The molecule has 7 rings (SSSR count). The summed E-state index contributed by atoms with van der Waals surface area (Å²) in [7, 11) is 3.28. The van der Waals surface area contributed by atoms with E-state index in [4.69, 9.17) is 13.9 Å². The zero-order valence-corrected chi connectivity index (χ0v) is 30.9. The van der Waals surface area contributed by atoms with Crippen molar-refractivity contribution in [3.05, 3.63) is 95.7 Å². The predicted molar refractivity (Wildman–Crippen MR) is 199 cm³/mol. The molecular formula is C39H46N6O7S. The van der Waals surface area contributed by atoms with Crippen LogP contribution in [0.3, 0.4) is 0 Å². The van der Waals surface area contributed by atoms with Crippen molar-refractivity contribution in [1.29, 1.82) is 0 Å². The van der Waals surface area contributed by atoms with E-state index in [2.05, 4.69) is 15.7 Å². The van der Waals surface area contributed by atoms with Crippen molar-refractivity contribution in [3.8, 4) is 11.5 Å². The molecule has 53 heavy (non-hydrogen) atoms. The number of nitrogens with one attached hydrogen (secondary N) is 2. The summed E-state index contributed by atoms with van der Waals surface area (Å²) in [5.41, 5.74) is 1.38. The first-order valence-corrected chi connectivity index (χ1v) is 19.0. The van der Waals surface area contributed by atoms with Crippen LogP contribution in [0.2, 0.25) is 0 Å². The van der Waals surface area contributed by atoms with Gasteiger partial charge < -0.3 is 34.3 Å². The highest BCUT2D eigenvalue weighted by molar-refractivity contribution is 7.98. The van der Waals surface area contributed by atoms with Gasteiger partial charge in [-0.15, -0.1) is 11.8 Å². The highest BCUT2D eigenvalue weighted by Gasteiger charge is 2.42. The molecule has 280 valence electrons. The Morgan fingerprint density at radius 1 is 0.943 bits per heavy atom. The zero-order valence-electron chi connectivity index (χ0n) is 30.1. The molecule has 0 aliphatic carbocycles. The van der Waals surface area contributed by atoms with Gasteiger partial charge in [0.1, 0.15) is 23.6 Å². The number of carbonyl (C=O) groups is 4. The molecule has 4 aromatic rings. The van der Waals surface area contributed by atoms with Crippen LogP contribution in [0.1, 0.15) is 64.5 Å². The molecule has 2 N–H and O–H groups in total. The van der Waals surface area contributed by atoms with Crippen LogP contribution in [-0.4, -0.2) is 95.2 Å². The average molecular weight is 743 g/mol. The summed E-state index contributed by atoms with van der Waals surface area (Å²) in [4.78, 5) is 58.2. The summed E-state index contributed by atoms with van der Waals surface area (Å²) < 4.78 is 19.6. The number of thioether (sulfide) groups is 1. The summed E-state index contributed by atoms with van der Waals surface area (Å²) in [6.07, 6.45) is 3.99. The van der Waals surface area contributed by atoms with Gasteiger partial charge in [0.2, 0.25) is 11.8 Å². The van der Waals surface area contributed by atoms with E-state index in [1.807, 2.05) is 42.5 Å². The van der Waals surface area contributed by atoms with E-state index < -0.39 is 12.1 Å². The molecule has 3 aliphatic rings. The molecule has 13 nitrogen and oxygen atoms in total. The van der Waals surface area contributed by atoms with E-state index in [0.717, 1.165) is 10.5 Å². The van der Waals surface area contributed by atoms with Crippen molar-refractivity contribution in [2.24, 2.45) is 7.05 Å². The number of aryl methyl sites for hydroxylation is 2. The third-order valence-electron chi connectivity index (χ3n) is 9.39. The number of ether oxygens (including phenoxy) is 2. The topological polar surface area (TPSA) is 148 Å². The van der Waals surface area contributed by atoms with Gasteiger partial charge in [-0.25, -0.2) is 0 Å². The number of furan rings is 1. The Morgan fingerprint density at radius 3 is 2.55 bits per heavy atom. The molecule has 0 unspecified atom stereocenters. The van der Waals surface area contributed by atoms with Crippen LogP contribution in [0.4, 0.5) is 0 Å². The van der Waals surface area contributed by atoms with Crippen molar-refractivity contribution in [1.82, 2.24) is 30.2 Å². The lowest BCUT2D eigenvalue weighted by Crippen LogP contribution is -2.46.